The molecule has 2 amide bonds. The predicted octanol–water partition coefficient (Wildman–Crippen LogP) is 1.06. The zero-order valence-electron chi connectivity index (χ0n) is 14.2. The first-order valence-electron chi connectivity index (χ1n) is 8.49. The van der Waals surface area contributed by atoms with E-state index in [1.165, 1.54) is 0 Å². The van der Waals surface area contributed by atoms with Crippen LogP contribution in [-0.2, 0) is 11.8 Å². The molecule has 24 heavy (non-hydrogen) atoms. The fourth-order valence-corrected chi connectivity index (χ4v) is 4.69. The summed E-state index contributed by atoms with van der Waals surface area (Å²) >= 11 is 5.98. The molecular formula is C17H23ClN4O2. The molecule has 1 aromatic rings. The highest BCUT2D eigenvalue weighted by molar-refractivity contribution is 6.31. The van der Waals surface area contributed by atoms with Gasteiger partial charge in [-0.2, -0.15) is 0 Å². The summed E-state index contributed by atoms with van der Waals surface area (Å²) in [7, 11) is 3.72. The number of carbonyl (C=O) groups is 2. The van der Waals surface area contributed by atoms with E-state index in [2.05, 4.69) is 4.90 Å². The number of aryl methyl sites for hydroxylation is 1. The number of likely N-dealkylation sites (N-methyl/N-ethyl adjacent to an activating group) is 1. The number of hydrogen-bond donors (Lipinski definition) is 0. The fraction of sp³-hybridized carbons (Fsp3) is 0.647. The third kappa shape index (κ3) is 2.43. The first-order chi connectivity index (χ1) is 11.4. The molecule has 1 spiro atoms. The van der Waals surface area contributed by atoms with Gasteiger partial charge < -0.3 is 14.4 Å². The summed E-state index contributed by atoms with van der Waals surface area (Å²) in [5, 5.41) is 0.590. The Morgan fingerprint density at radius 2 is 2.00 bits per heavy atom. The van der Waals surface area contributed by atoms with Crippen molar-refractivity contribution in [3.05, 3.63) is 23.0 Å². The van der Waals surface area contributed by atoms with E-state index in [4.69, 9.17) is 11.6 Å². The maximum atomic E-state index is 12.6. The van der Waals surface area contributed by atoms with Gasteiger partial charge in [0, 0.05) is 51.9 Å². The Morgan fingerprint density at radius 3 is 2.58 bits per heavy atom. The van der Waals surface area contributed by atoms with Crippen LogP contribution < -0.4 is 0 Å². The Balaban J connectivity index is 1.38. The molecule has 0 N–H and O–H groups in total. The number of rotatable bonds is 2. The molecule has 4 heterocycles. The van der Waals surface area contributed by atoms with Crippen LogP contribution in [0.3, 0.4) is 0 Å². The Kier molecular flexibility index (Phi) is 3.65. The molecule has 4 rings (SSSR count). The SMILES string of the molecule is CN1CCC(N2CCC3(CN(C(=O)c4cc(Cl)cn4C)C3)C2)C1=O. The van der Waals surface area contributed by atoms with Crippen molar-refractivity contribution in [3.63, 3.8) is 0 Å². The summed E-state index contributed by atoms with van der Waals surface area (Å²) in [6.45, 7) is 4.30. The van der Waals surface area contributed by atoms with Crippen LogP contribution in [0.2, 0.25) is 5.02 Å². The van der Waals surface area contributed by atoms with Gasteiger partial charge in [-0.15, -0.1) is 0 Å². The molecule has 3 aliphatic rings. The van der Waals surface area contributed by atoms with Crippen molar-refractivity contribution < 1.29 is 9.59 Å². The summed E-state index contributed by atoms with van der Waals surface area (Å²) in [5.74, 6) is 0.294. The maximum absolute atomic E-state index is 12.6. The second-order valence-electron chi connectivity index (χ2n) is 7.60. The summed E-state index contributed by atoms with van der Waals surface area (Å²) in [5.41, 5.74) is 0.809. The number of amides is 2. The predicted molar refractivity (Wildman–Crippen MR) is 91.0 cm³/mol. The number of carbonyl (C=O) groups excluding carboxylic acids is 2. The Labute approximate surface area is 146 Å². The zero-order valence-corrected chi connectivity index (χ0v) is 14.9. The molecule has 7 heteroatoms. The minimum atomic E-state index is 0.0464. The molecule has 0 bridgehead atoms. The molecule has 0 aliphatic carbocycles. The Morgan fingerprint density at radius 1 is 1.25 bits per heavy atom. The van der Waals surface area contributed by atoms with E-state index in [0.717, 1.165) is 45.6 Å². The van der Waals surface area contributed by atoms with E-state index in [0.29, 0.717) is 10.7 Å². The van der Waals surface area contributed by atoms with Gasteiger partial charge in [-0.05, 0) is 25.5 Å². The third-order valence-corrected chi connectivity index (χ3v) is 6.04. The summed E-state index contributed by atoms with van der Waals surface area (Å²) in [4.78, 5) is 30.9. The number of aromatic nitrogens is 1. The highest BCUT2D eigenvalue weighted by Crippen LogP contribution is 2.41. The van der Waals surface area contributed by atoms with Crippen molar-refractivity contribution in [3.8, 4) is 0 Å². The number of nitrogens with zero attached hydrogens (tertiary/aromatic N) is 4. The first kappa shape index (κ1) is 16.0. The van der Waals surface area contributed by atoms with Gasteiger partial charge in [0.1, 0.15) is 5.69 Å². The van der Waals surface area contributed by atoms with Crippen molar-refractivity contribution in [1.82, 2.24) is 19.3 Å². The van der Waals surface area contributed by atoms with E-state index >= 15 is 0 Å². The molecule has 1 unspecified atom stereocenters. The minimum Gasteiger partial charge on any atom is -0.345 e. The van der Waals surface area contributed by atoms with Gasteiger partial charge in [0.15, 0.2) is 0 Å². The van der Waals surface area contributed by atoms with Crippen molar-refractivity contribution >= 4 is 23.4 Å². The highest BCUT2D eigenvalue weighted by Gasteiger charge is 2.52. The quantitative estimate of drug-likeness (QED) is 0.801. The molecule has 3 saturated heterocycles. The van der Waals surface area contributed by atoms with Crippen LogP contribution in [0.15, 0.2) is 12.3 Å². The van der Waals surface area contributed by atoms with E-state index in [1.807, 2.05) is 23.9 Å². The van der Waals surface area contributed by atoms with Crippen LogP contribution in [0, 0.1) is 5.41 Å². The molecule has 0 aromatic carbocycles. The fourth-order valence-electron chi connectivity index (χ4n) is 4.44. The van der Waals surface area contributed by atoms with Gasteiger partial charge in [-0.1, -0.05) is 11.6 Å². The molecule has 1 atom stereocenters. The molecular weight excluding hydrogens is 328 g/mol. The van der Waals surface area contributed by atoms with Crippen molar-refractivity contribution in [1.29, 1.82) is 0 Å². The average Bonchev–Trinajstić information content (AvgIpc) is 3.16. The lowest BCUT2D eigenvalue weighted by Gasteiger charge is -2.48. The summed E-state index contributed by atoms with van der Waals surface area (Å²) in [6.07, 6.45) is 3.75. The molecule has 3 fully saturated rings. The van der Waals surface area contributed by atoms with Crippen molar-refractivity contribution in [2.24, 2.45) is 12.5 Å². The minimum absolute atomic E-state index is 0.0464. The second kappa shape index (κ2) is 5.49. The second-order valence-corrected chi connectivity index (χ2v) is 8.04. The number of halogens is 1. The van der Waals surface area contributed by atoms with Crippen LogP contribution in [0.25, 0.3) is 0 Å². The summed E-state index contributed by atoms with van der Waals surface area (Å²) in [6, 6.07) is 1.77. The lowest BCUT2D eigenvalue weighted by molar-refractivity contribution is -0.131. The lowest BCUT2D eigenvalue weighted by atomic mass is 9.79. The van der Waals surface area contributed by atoms with E-state index in [1.54, 1.807) is 16.8 Å². The lowest BCUT2D eigenvalue weighted by Crippen LogP contribution is -2.60. The topological polar surface area (TPSA) is 48.8 Å². The molecule has 130 valence electrons. The van der Waals surface area contributed by atoms with Crippen LogP contribution in [-0.4, -0.2) is 76.9 Å². The molecule has 3 aliphatic heterocycles. The van der Waals surface area contributed by atoms with Gasteiger partial charge >= 0.3 is 0 Å². The third-order valence-electron chi connectivity index (χ3n) is 5.84. The van der Waals surface area contributed by atoms with Crippen LogP contribution in [0.1, 0.15) is 23.3 Å². The number of likely N-dealkylation sites (tertiary alicyclic amines) is 3. The largest absolute Gasteiger partial charge is 0.345 e. The van der Waals surface area contributed by atoms with Gasteiger partial charge in [-0.3, -0.25) is 14.5 Å². The van der Waals surface area contributed by atoms with E-state index in [9.17, 15) is 9.59 Å². The van der Waals surface area contributed by atoms with Crippen LogP contribution >= 0.6 is 11.6 Å². The first-order valence-corrected chi connectivity index (χ1v) is 8.87. The normalized spacial score (nSPS) is 26.5. The Hall–Kier alpha value is -1.53. The van der Waals surface area contributed by atoms with Gasteiger partial charge in [-0.25, -0.2) is 0 Å². The summed E-state index contributed by atoms with van der Waals surface area (Å²) < 4.78 is 1.78. The maximum Gasteiger partial charge on any atom is 0.270 e. The average molecular weight is 351 g/mol. The monoisotopic (exact) mass is 350 g/mol. The van der Waals surface area contributed by atoms with E-state index in [-0.39, 0.29) is 23.3 Å². The smallest absolute Gasteiger partial charge is 0.270 e. The van der Waals surface area contributed by atoms with Gasteiger partial charge in [0.05, 0.1) is 11.1 Å². The van der Waals surface area contributed by atoms with Crippen molar-refractivity contribution in [2.75, 3.05) is 39.8 Å². The molecule has 0 radical (unpaired) electrons. The van der Waals surface area contributed by atoms with Gasteiger partial charge in [0.2, 0.25) is 5.91 Å². The highest BCUT2D eigenvalue weighted by atomic mass is 35.5. The van der Waals surface area contributed by atoms with Gasteiger partial charge in [0.25, 0.3) is 5.91 Å². The molecule has 0 saturated carbocycles. The number of hydrogen-bond acceptors (Lipinski definition) is 3. The molecule has 1 aromatic heterocycles. The zero-order chi connectivity index (χ0) is 17.1. The standard InChI is InChI=1S/C17H23ClN4O2/c1-19-5-3-13(15(19)23)21-6-4-17(9-21)10-22(11-17)16(24)14-7-12(18)8-20(14)2/h7-8,13H,3-6,9-11H2,1-2H3. The van der Waals surface area contributed by atoms with Crippen LogP contribution in [0.5, 0.6) is 0 Å². The van der Waals surface area contributed by atoms with Crippen molar-refractivity contribution in [2.45, 2.75) is 18.9 Å². The van der Waals surface area contributed by atoms with E-state index < -0.39 is 0 Å². The molecule has 6 nitrogen and oxygen atoms in total. The van der Waals surface area contributed by atoms with Crippen LogP contribution in [0.4, 0.5) is 0 Å². The Bertz CT molecular complexity index is 695.